The molecule has 21 heavy (non-hydrogen) atoms. The normalized spacial score (nSPS) is 10.5. The number of ether oxygens (including phenoxy) is 1. The highest BCUT2D eigenvalue weighted by molar-refractivity contribution is 6.05. The molecule has 0 spiro atoms. The molecule has 0 saturated heterocycles. The van der Waals surface area contributed by atoms with E-state index in [1.165, 1.54) is 0 Å². The second-order valence-corrected chi connectivity index (χ2v) is 5.22. The highest BCUT2D eigenvalue weighted by Crippen LogP contribution is 2.19. The fraction of sp³-hybridized carbons (Fsp3) is 0.235. The molecule has 0 aliphatic rings. The summed E-state index contributed by atoms with van der Waals surface area (Å²) in [5.74, 6) is 0.636. The maximum atomic E-state index is 12.2. The zero-order chi connectivity index (χ0) is 15.4. The summed E-state index contributed by atoms with van der Waals surface area (Å²) in [5.41, 5.74) is 8.54. The Hall–Kier alpha value is -2.49. The standard InChI is InChI=1S/C17H20N2O2/c1-11(2)21-15-7-5-14(6-8-15)19-17(20)16-9-4-13(18)10-12(16)3/h4-11H,18H2,1-3H3,(H,19,20). The lowest BCUT2D eigenvalue weighted by Crippen LogP contribution is -2.13. The Balaban J connectivity index is 2.08. The molecule has 4 nitrogen and oxygen atoms in total. The van der Waals surface area contributed by atoms with Crippen LogP contribution in [-0.4, -0.2) is 12.0 Å². The van der Waals surface area contributed by atoms with Crippen molar-refractivity contribution in [3.63, 3.8) is 0 Å². The molecule has 4 heteroatoms. The van der Waals surface area contributed by atoms with Crippen LogP contribution in [0.25, 0.3) is 0 Å². The Bertz CT molecular complexity index is 634. The SMILES string of the molecule is Cc1cc(N)ccc1C(=O)Nc1ccc(OC(C)C)cc1. The molecule has 3 N–H and O–H groups in total. The summed E-state index contributed by atoms with van der Waals surface area (Å²) in [5, 5.41) is 2.86. The van der Waals surface area contributed by atoms with Gasteiger partial charge in [0.05, 0.1) is 6.10 Å². The molecule has 1 amide bonds. The highest BCUT2D eigenvalue weighted by atomic mass is 16.5. The van der Waals surface area contributed by atoms with E-state index in [4.69, 9.17) is 10.5 Å². The largest absolute Gasteiger partial charge is 0.491 e. The molecule has 0 saturated carbocycles. The summed E-state index contributed by atoms with van der Waals surface area (Å²) in [6, 6.07) is 12.6. The molecule has 0 atom stereocenters. The molecule has 0 aliphatic carbocycles. The van der Waals surface area contributed by atoms with E-state index in [2.05, 4.69) is 5.32 Å². The van der Waals surface area contributed by atoms with Crippen molar-refractivity contribution >= 4 is 17.3 Å². The molecule has 0 unspecified atom stereocenters. The van der Waals surface area contributed by atoms with Crippen LogP contribution >= 0.6 is 0 Å². The van der Waals surface area contributed by atoms with E-state index in [0.29, 0.717) is 11.3 Å². The highest BCUT2D eigenvalue weighted by Gasteiger charge is 2.09. The van der Waals surface area contributed by atoms with E-state index in [9.17, 15) is 4.79 Å². The van der Waals surface area contributed by atoms with E-state index in [0.717, 1.165) is 17.0 Å². The van der Waals surface area contributed by atoms with Crippen molar-refractivity contribution in [2.75, 3.05) is 11.1 Å². The van der Waals surface area contributed by atoms with Crippen LogP contribution < -0.4 is 15.8 Å². The molecule has 0 aliphatic heterocycles. The monoisotopic (exact) mass is 284 g/mol. The minimum Gasteiger partial charge on any atom is -0.491 e. The number of carbonyl (C=O) groups excluding carboxylic acids is 1. The first-order chi connectivity index (χ1) is 9.95. The van der Waals surface area contributed by atoms with Gasteiger partial charge in [-0.2, -0.15) is 0 Å². The number of nitrogen functional groups attached to an aromatic ring is 1. The summed E-state index contributed by atoms with van der Waals surface area (Å²) >= 11 is 0. The van der Waals surface area contributed by atoms with Crippen LogP contribution in [0.5, 0.6) is 5.75 Å². The third-order valence-corrected chi connectivity index (χ3v) is 2.98. The Kier molecular flexibility index (Phi) is 4.48. The molecule has 0 bridgehead atoms. The second-order valence-electron chi connectivity index (χ2n) is 5.22. The van der Waals surface area contributed by atoms with E-state index >= 15 is 0 Å². The number of anilines is 2. The fourth-order valence-corrected chi connectivity index (χ4v) is 2.03. The third-order valence-electron chi connectivity index (χ3n) is 2.98. The average Bonchev–Trinajstić information content (AvgIpc) is 2.40. The van der Waals surface area contributed by atoms with Crippen molar-refractivity contribution in [1.82, 2.24) is 0 Å². The lowest BCUT2D eigenvalue weighted by atomic mass is 10.1. The van der Waals surface area contributed by atoms with Gasteiger partial charge in [0.1, 0.15) is 5.75 Å². The van der Waals surface area contributed by atoms with E-state index < -0.39 is 0 Å². The Morgan fingerprint density at radius 3 is 2.38 bits per heavy atom. The topological polar surface area (TPSA) is 64.4 Å². The van der Waals surface area contributed by atoms with Gasteiger partial charge in [-0.05, 0) is 68.8 Å². The van der Waals surface area contributed by atoms with Crippen molar-refractivity contribution in [2.45, 2.75) is 26.9 Å². The van der Waals surface area contributed by atoms with Gasteiger partial charge in [-0.3, -0.25) is 4.79 Å². The fourth-order valence-electron chi connectivity index (χ4n) is 2.03. The minimum atomic E-state index is -0.148. The van der Waals surface area contributed by atoms with Gasteiger partial charge in [0.25, 0.3) is 5.91 Å². The summed E-state index contributed by atoms with van der Waals surface area (Å²) in [6.45, 7) is 5.81. The molecule has 0 fully saturated rings. The van der Waals surface area contributed by atoms with Gasteiger partial charge < -0.3 is 15.8 Å². The summed E-state index contributed by atoms with van der Waals surface area (Å²) in [7, 11) is 0. The molecule has 110 valence electrons. The summed E-state index contributed by atoms with van der Waals surface area (Å²) in [4.78, 5) is 12.2. The first-order valence-corrected chi connectivity index (χ1v) is 6.90. The maximum absolute atomic E-state index is 12.2. The van der Waals surface area contributed by atoms with Crippen LogP contribution in [0.15, 0.2) is 42.5 Å². The van der Waals surface area contributed by atoms with Gasteiger partial charge in [0.2, 0.25) is 0 Å². The lowest BCUT2D eigenvalue weighted by molar-refractivity contribution is 0.102. The van der Waals surface area contributed by atoms with Crippen LogP contribution in [-0.2, 0) is 0 Å². The van der Waals surface area contributed by atoms with Gasteiger partial charge in [0.15, 0.2) is 0 Å². The van der Waals surface area contributed by atoms with Crippen molar-refractivity contribution in [2.24, 2.45) is 0 Å². The number of rotatable bonds is 4. The molecule has 2 aromatic carbocycles. The van der Waals surface area contributed by atoms with Crippen LogP contribution in [0.2, 0.25) is 0 Å². The zero-order valence-corrected chi connectivity index (χ0v) is 12.5. The number of nitrogens with one attached hydrogen (secondary N) is 1. The van der Waals surface area contributed by atoms with E-state index in [1.54, 1.807) is 18.2 Å². The first-order valence-electron chi connectivity index (χ1n) is 6.90. The number of carbonyl (C=O) groups is 1. The number of hydrogen-bond acceptors (Lipinski definition) is 3. The number of aryl methyl sites for hydroxylation is 1. The number of benzene rings is 2. The maximum Gasteiger partial charge on any atom is 0.255 e. The van der Waals surface area contributed by atoms with Gasteiger partial charge in [-0.25, -0.2) is 0 Å². The predicted octanol–water partition coefficient (Wildman–Crippen LogP) is 3.62. The molecular weight excluding hydrogens is 264 g/mol. The van der Waals surface area contributed by atoms with E-state index in [-0.39, 0.29) is 12.0 Å². The smallest absolute Gasteiger partial charge is 0.255 e. The van der Waals surface area contributed by atoms with Crippen molar-refractivity contribution in [1.29, 1.82) is 0 Å². The number of nitrogens with two attached hydrogens (primary N) is 1. The quantitative estimate of drug-likeness (QED) is 0.843. The Morgan fingerprint density at radius 2 is 1.81 bits per heavy atom. The van der Waals surface area contributed by atoms with Crippen LogP contribution in [0, 0.1) is 6.92 Å². The van der Waals surface area contributed by atoms with E-state index in [1.807, 2.05) is 45.0 Å². The van der Waals surface area contributed by atoms with Gasteiger partial charge in [-0.15, -0.1) is 0 Å². The zero-order valence-electron chi connectivity index (χ0n) is 12.5. The molecular formula is C17H20N2O2. The second kappa shape index (κ2) is 6.31. The molecule has 2 rings (SSSR count). The minimum absolute atomic E-state index is 0.128. The number of amides is 1. The third kappa shape index (κ3) is 3.99. The van der Waals surface area contributed by atoms with Crippen molar-refractivity contribution < 1.29 is 9.53 Å². The molecule has 0 heterocycles. The molecule has 0 radical (unpaired) electrons. The Morgan fingerprint density at radius 1 is 1.14 bits per heavy atom. The first kappa shape index (κ1) is 14.9. The predicted molar refractivity (Wildman–Crippen MR) is 85.8 cm³/mol. The van der Waals surface area contributed by atoms with Crippen LogP contribution in [0.3, 0.4) is 0 Å². The average molecular weight is 284 g/mol. The number of hydrogen-bond donors (Lipinski definition) is 2. The van der Waals surface area contributed by atoms with Crippen molar-refractivity contribution in [3.8, 4) is 5.75 Å². The van der Waals surface area contributed by atoms with Crippen LogP contribution in [0.4, 0.5) is 11.4 Å². The molecule has 0 aromatic heterocycles. The van der Waals surface area contributed by atoms with Gasteiger partial charge in [0, 0.05) is 16.9 Å². The van der Waals surface area contributed by atoms with Gasteiger partial charge in [-0.1, -0.05) is 0 Å². The Labute approximate surface area is 124 Å². The van der Waals surface area contributed by atoms with Crippen LogP contribution in [0.1, 0.15) is 29.8 Å². The molecule has 2 aromatic rings. The van der Waals surface area contributed by atoms with Gasteiger partial charge >= 0.3 is 0 Å². The lowest BCUT2D eigenvalue weighted by Gasteiger charge is -2.11. The summed E-state index contributed by atoms with van der Waals surface area (Å²) in [6.07, 6.45) is 0.128. The van der Waals surface area contributed by atoms with Crippen molar-refractivity contribution in [3.05, 3.63) is 53.6 Å². The summed E-state index contributed by atoms with van der Waals surface area (Å²) < 4.78 is 5.56.